The fraction of sp³-hybridized carbons (Fsp3) is 0. The van der Waals surface area contributed by atoms with Crippen molar-refractivity contribution in [1.82, 2.24) is 0 Å². The predicted octanol–water partition coefficient (Wildman–Crippen LogP) is 2.39. The summed E-state index contributed by atoms with van der Waals surface area (Å²) in [6.07, 6.45) is 2.79. The maximum Gasteiger partial charge on any atom is 0.337 e. The van der Waals surface area contributed by atoms with Crippen molar-refractivity contribution in [3.8, 4) is 0 Å². The van der Waals surface area contributed by atoms with Crippen LogP contribution in [0.5, 0.6) is 0 Å². The molecular weight excluding hydrogens is 223 g/mol. The molecule has 0 unspecified atom stereocenters. The zero-order valence-corrected chi connectivity index (χ0v) is 8.16. The summed E-state index contributed by atoms with van der Waals surface area (Å²) in [5.74, 6) is -2.04. The van der Waals surface area contributed by atoms with Gasteiger partial charge in [-0.15, -0.1) is 0 Å². The Kier molecular flexibility index (Phi) is 3.57. The monoisotopic (exact) mass is 228 g/mol. The number of benzene rings is 1. The molecule has 0 amide bonds. The Hall–Kier alpha value is -1.68. The molecule has 1 aromatic carbocycles. The molecule has 0 heterocycles. The van der Waals surface area contributed by atoms with Crippen LogP contribution in [-0.4, -0.2) is 17.4 Å². The number of allylic oxidation sites excluding steroid dienone is 1. The first-order valence-electron chi connectivity index (χ1n) is 3.90. The fourth-order valence-corrected chi connectivity index (χ4v) is 1.25. The highest BCUT2D eigenvalue weighted by molar-refractivity contribution is 6.33. The van der Waals surface area contributed by atoms with Gasteiger partial charge in [0.25, 0.3) is 0 Å². The average molecular weight is 229 g/mol. The highest BCUT2D eigenvalue weighted by Gasteiger charge is 2.12. The van der Waals surface area contributed by atoms with E-state index in [0.29, 0.717) is 6.29 Å². The second-order valence-electron chi connectivity index (χ2n) is 2.65. The molecule has 0 aliphatic carbocycles. The summed E-state index contributed by atoms with van der Waals surface area (Å²) in [6, 6.07) is 1.97. The van der Waals surface area contributed by atoms with Crippen LogP contribution >= 0.6 is 11.6 Å². The molecule has 0 aliphatic heterocycles. The van der Waals surface area contributed by atoms with Crippen LogP contribution in [0.4, 0.5) is 4.39 Å². The van der Waals surface area contributed by atoms with E-state index in [1.807, 2.05) is 0 Å². The number of halogens is 2. The number of carbonyl (C=O) groups excluding carboxylic acids is 1. The zero-order chi connectivity index (χ0) is 11.4. The number of aromatic carboxylic acids is 1. The Bertz CT molecular complexity index is 441. The summed E-state index contributed by atoms with van der Waals surface area (Å²) in [7, 11) is 0. The minimum Gasteiger partial charge on any atom is -0.478 e. The second-order valence-corrected chi connectivity index (χ2v) is 3.06. The quantitative estimate of drug-likeness (QED) is 0.638. The van der Waals surface area contributed by atoms with Crippen LogP contribution in [0.1, 0.15) is 15.9 Å². The molecular formula is C10H6ClFO3. The first-order chi connectivity index (χ1) is 7.06. The molecule has 0 saturated carbocycles. The van der Waals surface area contributed by atoms with E-state index in [2.05, 4.69) is 0 Å². The Morgan fingerprint density at radius 2 is 2.13 bits per heavy atom. The van der Waals surface area contributed by atoms with Gasteiger partial charge in [0.2, 0.25) is 0 Å². The molecule has 0 aliphatic rings. The topological polar surface area (TPSA) is 54.4 Å². The van der Waals surface area contributed by atoms with Crippen LogP contribution in [0.3, 0.4) is 0 Å². The van der Waals surface area contributed by atoms with Gasteiger partial charge in [0.05, 0.1) is 10.6 Å². The van der Waals surface area contributed by atoms with Crippen LogP contribution in [-0.2, 0) is 4.79 Å². The normalized spacial score (nSPS) is 10.5. The number of carbonyl (C=O) groups is 2. The van der Waals surface area contributed by atoms with Gasteiger partial charge in [-0.1, -0.05) is 11.6 Å². The predicted molar refractivity (Wildman–Crippen MR) is 53.5 cm³/mol. The molecule has 0 radical (unpaired) electrons. The number of aldehydes is 1. The first-order valence-corrected chi connectivity index (χ1v) is 4.28. The van der Waals surface area contributed by atoms with Crippen LogP contribution in [0.25, 0.3) is 6.08 Å². The molecule has 15 heavy (non-hydrogen) atoms. The Balaban J connectivity index is 3.25. The lowest BCUT2D eigenvalue weighted by Gasteiger charge is -2.01. The van der Waals surface area contributed by atoms with E-state index >= 15 is 0 Å². The van der Waals surface area contributed by atoms with Crippen LogP contribution in [0.15, 0.2) is 18.2 Å². The van der Waals surface area contributed by atoms with Crippen molar-refractivity contribution >= 4 is 29.9 Å². The number of hydrogen-bond acceptors (Lipinski definition) is 2. The third-order valence-electron chi connectivity index (χ3n) is 1.67. The molecule has 1 aromatic rings. The van der Waals surface area contributed by atoms with Crippen molar-refractivity contribution in [1.29, 1.82) is 0 Å². The number of rotatable bonds is 3. The van der Waals surface area contributed by atoms with Crippen molar-refractivity contribution in [2.75, 3.05) is 0 Å². The lowest BCUT2D eigenvalue weighted by molar-refractivity contribution is -0.104. The van der Waals surface area contributed by atoms with Crippen molar-refractivity contribution in [2.24, 2.45) is 0 Å². The third-order valence-corrected chi connectivity index (χ3v) is 1.98. The molecule has 0 saturated heterocycles. The van der Waals surface area contributed by atoms with Gasteiger partial charge in [-0.2, -0.15) is 0 Å². The molecule has 1 N–H and O–H groups in total. The van der Waals surface area contributed by atoms with E-state index in [-0.39, 0.29) is 16.1 Å². The summed E-state index contributed by atoms with van der Waals surface area (Å²) in [5, 5.41) is 8.56. The molecule has 0 aromatic heterocycles. The number of carboxylic acid groups (broad SMARTS) is 1. The first kappa shape index (κ1) is 11.4. The summed E-state index contributed by atoms with van der Waals surface area (Å²) < 4.78 is 13.2. The van der Waals surface area contributed by atoms with E-state index < -0.39 is 11.8 Å². The minimum absolute atomic E-state index is 0.0668. The van der Waals surface area contributed by atoms with E-state index in [1.165, 1.54) is 6.08 Å². The summed E-state index contributed by atoms with van der Waals surface area (Å²) in [6.45, 7) is 0. The van der Waals surface area contributed by atoms with Gasteiger partial charge in [0, 0.05) is 5.56 Å². The second kappa shape index (κ2) is 4.70. The van der Waals surface area contributed by atoms with E-state index in [0.717, 1.165) is 18.2 Å². The van der Waals surface area contributed by atoms with Gasteiger partial charge >= 0.3 is 5.97 Å². The average Bonchev–Trinajstić information content (AvgIpc) is 2.18. The number of carboxylic acids is 1. The highest BCUT2D eigenvalue weighted by Crippen LogP contribution is 2.21. The summed E-state index contributed by atoms with van der Waals surface area (Å²) in [5.41, 5.74) is -0.241. The number of hydrogen-bond donors (Lipinski definition) is 1. The smallest absolute Gasteiger partial charge is 0.337 e. The van der Waals surface area contributed by atoms with Crippen molar-refractivity contribution < 1.29 is 19.1 Å². The zero-order valence-electron chi connectivity index (χ0n) is 7.41. The SMILES string of the molecule is O=CC=Cc1cc(Cl)c(C(=O)O)cc1F. The highest BCUT2D eigenvalue weighted by atomic mass is 35.5. The van der Waals surface area contributed by atoms with Gasteiger partial charge in [-0.05, 0) is 24.3 Å². The molecule has 78 valence electrons. The lowest BCUT2D eigenvalue weighted by Crippen LogP contribution is -1.99. The van der Waals surface area contributed by atoms with E-state index in [4.69, 9.17) is 16.7 Å². The maximum atomic E-state index is 13.2. The lowest BCUT2D eigenvalue weighted by atomic mass is 10.1. The fourth-order valence-electron chi connectivity index (χ4n) is 0.997. The van der Waals surface area contributed by atoms with Gasteiger partial charge < -0.3 is 5.11 Å². The Morgan fingerprint density at radius 3 is 2.67 bits per heavy atom. The van der Waals surface area contributed by atoms with Gasteiger partial charge in [0.1, 0.15) is 12.1 Å². The van der Waals surface area contributed by atoms with Crippen LogP contribution in [0.2, 0.25) is 5.02 Å². The van der Waals surface area contributed by atoms with Crippen LogP contribution < -0.4 is 0 Å². The molecule has 0 spiro atoms. The largest absolute Gasteiger partial charge is 0.478 e. The van der Waals surface area contributed by atoms with Crippen molar-refractivity contribution in [3.63, 3.8) is 0 Å². The van der Waals surface area contributed by atoms with Crippen molar-refractivity contribution in [3.05, 3.63) is 40.2 Å². The van der Waals surface area contributed by atoms with E-state index in [9.17, 15) is 14.0 Å². The van der Waals surface area contributed by atoms with Gasteiger partial charge in [0.15, 0.2) is 0 Å². The Morgan fingerprint density at radius 1 is 1.47 bits per heavy atom. The molecule has 1 rings (SSSR count). The molecule has 0 fully saturated rings. The summed E-state index contributed by atoms with van der Waals surface area (Å²) in [4.78, 5) is 20.6. The molecule has 0 bridgehead atoms. The standard InChI is InChI=1S/C10H6ClFO3/c11-8-4-6(2-1-3-13)9(12)5-7(8)10(14)15/h1-5H,(H,14,15). The maximum absolute atomic E-state index is 13.2. The van der Waals surface area contributed by atoms with Gasteiger partial charge in [-0.25, -0.2) is 9.18 Å². The van der Waals surface area contributed by atoms with Crippen LogP contribution in [0, 0.1) is 5.82 Å². The van der Waals surface area contributed by atoms with Crippen molar-refractivity contribution in [2.45, 2.75) is 0 Å². The molecule has 3 nitrogen and oxygen atoms in total. The Labute approximate surface area is 89.8 Å². The summed E-state index contributed by atoms with van der Waals surface area (Å²) >= 11 is 5.61. The minimum atomic E-state index is -1.30. The molecule has 0 atom stereocenters. The van der Waals surface area contributed by atoms with Gasteiger partial charge in [-0.3, -0.25) is 4.79 Å². The molecule has 5 heteroatoms. The van der Waals surface area contributed by atoms with E-state index in [1.54, 1.807) is 0 Å². The third kappa shape index (κ3) is 2.63.